The number of imidazole rings is 1. The first-order chi connectivity index (χ1) is 9.67. The number of nitrogens with zero attached hydrogens (tertiary/aromatic N) is 3. The third-order valence-electron chi connectivity index (χ3n) is 3.30. The number of aromatic nitrogens is 4. The lowest BCUT2D eigenvalue weighted by Gasteiger charge is -2.05. The van der Waals surface area contributed by atoms with Gasteiger partial charge in [0, 0.05) is 18.8 Å². The van der Waals surface area contributed by atoms with Crippen LogP contribution >= 0.6 is 12.2 Å². The molecule has 2 aromatic heterocycles. The molecule has 3 aromatic rings. The van der Waals surface area contributed by atoms with Crippen molar-refractivity contribution in [1.82, 2.24) is 19.3 Å². The van der Waals surface area contributed by atoms with Gasteiger partial charge in [0.15, 0.2) is 4.77 Å². The van der Waals surface area contributed by atoms with Gasteiger partial charge in [0.25, 0.3) is 0 Å². The van der Waals surface area contributed by atoms with Gasteiger partial charge in [0.05, 0.1) is 30.9 Å². The van der Waals surface area contributed by atoms with Gasteiger partial charge < -0.3 is 14.3 Å². The SMILES string of the molecule is COc1ccc2c(c1)[nH]c(=S)n2CCn1cc(C)cn1. The Bertz CT molecular complexity index is 799. The zero-order valence-corrected chi connectivity index (χ0v) is 12.3. The van der Waals surface area contributed by atoms with E-state index < -0.39 is 0 Å². The van der Waals surface area contributed by atoms with Gasteiger partial charge in [-0.2, -0.15) is 5.10 Å². The quantitative estimate of drug-likeness (QED) is 0.751. The largest absolute Gasteiger partial charge is 0.497 e. The molecule has 104 valence electrons. The molecule has 0 atom stereocenters. The zero-order chi connectivity index (χ0) is 14.1. The second-order valence-electron chi connectivity index (χ2n) is 4.75. The first-order valence-electron chi connectivity index (χ1n) is 6.43. The molecule has 0 fully saturated rings. The minimum atomic E-state index is 0.720. The summed E-state index contributed by atoms with van der Waals surface area (Å²) in [5.41, 5.74) is 3.24. The number of hydrogen-bond acceptors (Lipinski definition) is 3. The predicted molar refractivity (Wildman–Crippen MR) is 80.6 cm³/mol. The van der Waals surface area contributed by atoms with Crippen molar-refractivity contribution in [2.24, 2.45) is 0 Å². The number of methoxy groups -OCH3 is 1. The zero-order valence-electron chi connectivity index (χ0n) is 11.5. The van der Waals surface area contributed by atoms with Crippen LogP contribution in [0.3, 0.4) is 0 Å². The molecule has 1 N–H and O–H groups in total. The fraction of sp³-hybridized carbons (Fsp3) is 0.286. The Balaban J connectivity index is 1.91. The van der Waals surface area contributed by atoms with Crippen molar-refractivity contribution >= 4 is 23.3 Å². The number of aromatic amines is 1. The fourth-order valence-electron chi connectivity index (χ4n) is 2.28. The third-order valence-corrected chi connectivity index (χ3v) is 3.62. The Hall–Kier alpha value is -2.08. The molecule has 0 amide bonds. The third kappa shape index (κ3) is 2.34. The Morgan fingerprint density at radius 3 is 2.90 bits per heavy atom. The van der Waals surface area contributed by atoms with Crippen LogP contribution in [0.5, 0.6) is 5.75 Å². The highest BCUT2D eigenvalue weighted by Crippen LogP contribution is 2.20. The van der Waals surface area contributed by atoms with E-state index >= 15 is 0 Å². The first kappa shape index (κ1) is 12.9. The van der Waals surface area contributed by atoms with E-state index in [-0.39, 0.29) is 0 Å². The maximum absolute atomic E-state index is 5.39. The van der Waals surface area contributed by atoms with E-state index in [0.29, 0.717) is 0 Å². The van der Waals surface area contributed by atoms with Crippen molar-refractivity contribution in [2.75, 3.05) is 7.11 Å². The highest BCUT2D eigenvalue weighted by molar-refractivity contribution is 7.71. The Morgan fingerprint density at radius 1 is 1.35 bits per heavy atom. The van der Waals surface area contributed by atoms with Crippen molar-refractivity contribution in [3.8, 4) is 5.75 Å². The van der Waals surface area contributed by atoms with Crippen LogP contribution in [-0.2, 0) is 13.1 Å². The van der Waals surface area contributed by atoms with E-state index in [2.05, 4.69) is 14.6 Å². The van der Waals surface area contributed by atoms with Crippen molar-refractivity contribution in [1.29, 1.82) is 0 Å². The molecule has 6 heteroatoms. The van der Waals surface area contributed by atoms with E-state index in [0.717, 1.165) is 40.2 Å². The molecule has 0 unspecified atom stereocenters. The van der Waals surface area contributed by atoms with Crippen LogP contribution in [0.25, 0.3) is 11.0 Å². The minimum absolute atomic E-state index is 0.720. The number of rotatable bonds is 4. The van der Waals surface area contributed by atoms with Gasteiger partial charge in [-0.25, -0.2) is 0 Å². The van der Waals surface area contributed by atoms with Crippen LogP contribution in [0.1, 0.15) is 5.56 Å². The number of fused-ring (bicyclic) bond motifs is 1. The summed E-state index contributed by atoms with van der Waals surface area (Å²) >= 11 is 5.39. The number of ether oxygens (including phenoxy) is 1. The Kier molecular flexibility index (Phi) is 3.31. The van der Waals surface area contributed by atoms with Crippen molar-refractivity contribution in [2.45, 2.75) is 20.0 Å². The summed E-state index contributed by atoms with van der Waals surface area (Å²) in [5, 5.41) is 4.29. The summed E-state index contributed by atoms with van der Waals surface area (Å²) < 4.78 is 9.96. The molecule has 0 aliphatic rings. The molecule has 0 bridgehead atoms. The second-order valence-corrected chi connectivity index (χ2v) is 5.13. The summed E-state index contributed by atoms with van der Waals surface area (Å²) in [6.45, 7) is 3.61. The molecule has 0 aliphatic heterocycles. The van der Waals surface area contributed by atoms with Gasteiger partial charge >= 0.3 is 0 Å². The lowest BCUT2D eigenvalue weighted by Crippen LogP contribution is -2.07. The highest BCUT2D eigenvalue weighted by Gasteiger charge is 2.06. The van der Waals surface area contributed by atoms with Crippen molar-refractivity contribution < 1.29 is 4.74 Å². The van der Waals surface area contributed by atoms with Crippen molar-refractivity contribution in [3.05, 3.63) is 40.9 Å². The van der Waals surface area contributed by atoms with E-state index in [1.54, 1.807) is 7.11 Å². The number of hydrogen-bond donors (Lipinski definition) is 1. The molecular formula is C14H16N4OS. The number of H-pyrrole nitrogens is 1. The Morgan fingerprint density at radius 2 is 2.20 bits per heavy atom. The minimum Gasteiger partial charge on any atom is -0.497 e. The highest BCUT2D eigenvalue weighted by atomic mass is 32.1. The molecule has 0 radical (unpaired) electrons. The lowest BCUT2D eigenvalue weighted by atomic mass is 10.3. The molecule has 0 aliphatic carbocycles. The van der Waals surface area contributed by atoms with Crippen LogP contribution in [0.15, 0.2) is 30.6 Å². The summed E-state index contributed by atoms with van der Waals surface area (Å²) in [4.78, 5) is 3.21. The molecule has 0 saturated carbocycles. The average molecular weight is 288 g/mol. The van der Waals surface area contributed by atoms with Crippen LogP contribution in [-0.4, -0.2) is 26.4 Å². The molecule has 3 rings (SSSR count). The maximum Gasteiger partial charge on any atom is 0.178 e. The molecule has 2 heterocycles. The monoisotopic (exact) mass is 288 g/mol. The number of nitrogens with one attached hydrogen (secondary N) is 1. The van der Waals surface area contributed by atoms with Crippen LogP contribution in [0.4, 0.5) is 0 Å². The Labute approximate surface area is 121 Å². The average Bonchev–Trinajstić information content (AvgIpc) is 2.98. The van der Waals surface area contributed by atoms with E-state index in [4.69, 9.17) is 17.0 Å². The van der Waals surface area contributed by atoms with Gasteiger partial charge in [-0.15, -0.1) is 0 Å². The van der Waals surface area contributed by atoms with E-state index in [1.807, 2.05) is 42.2 Å². The number of benzene rings is 1. The number of aryl methyl sites for hydroxylation is 3. The van der Waals surface area contributed by atoms with E-state index in [1.165, 1.54) is 0 Å². The summed E-state index contributed by atoms with van der Waals surface area (Å²) in [6.07, 6.45) is 3.89. The predicted octanol–water partition coefficient (Wildman–Crippen LogP) is 2.91. The molecule has 20 heavy (non-hydrogen) atoms. The fourth-order valence-corrected chi connectivity index (χ4v) is 2.58. The van der Waals surface area contributed by atoms with Crippen LogP contribution in [0, 0.1) is 11.7 Å². The normalized spacial score (nSPS) is 11.1. The second kappa shape index (κ2) is 5.13. The van der Waals surface area contributed by atoms with E-state index in [9.17, 15) is 0 Å². The molecular weight excluding hydrogens is 272 g/mol. The van der Waals surface area contributed by atoms with Crippen molar-refractivity contribution in [3.63, 3.8) is 0 Å². The van der Waals surface area contributed by atoms with Crippen LogP contribution in [0.2, 0.25) is 0 Å². The van der Waals surface area contributed by atoms with Gasteiger partial charge in [0.1, 0.15) is 5.75 Å². The molecule has 5 nitrogen and oxygen atoms in total. The maximum atomic E-state index is 5.39. The summed E-state index contributed by atoms with van der Waals surface area (Å²) in [7, 11) is 1.66. The van der Waals surface area contributed by atoms with Gasteiger partial charge in [0.2, 0.25) is 0 Å². The summed E-state index contributed by atoms with van der Waals surface area (Å²) in [6, 6.07) is 5.92. The van der Waals surface area contributed by atoms with Gasteiger partial charge in [-0.3, -0.25) is 4.68 Å². The molecule has 1 aromatic carbocycles. The first-order valence-corrected chi connectivity index (χ1v) is 6.84. The smallest absolute Gasteiger partial charge is 0.178 e. The lowest BCUT2D eigenvalue weighted by molar-refractivity contribution is 0.415. The summed E-state index contributed by atoms with van der Waals surface area (Å²) in [5.74, 6) is 0.823. The van der Waals surface area contributed by atoms with Gasteiger partial charge in [-0.05, 0) is 36.8 Å². The molecule has 0 saturated heterocycles. The van der Waals surface area contributed by atoms with Gasteiger partial charge in [-0.1, -0.05) is 0 Å². The topological polar surface area (TPSA) is 47.8 Å². The molecule has 0 spiro atoms. The van der Waals surface area contributed by atoms with Crippen LogP contribution < -0.4 is 4.74 Å². The standard InChI is InChI=1S/C14H16N4OS/c1-10-8-15-17(9-10)5-6-18-13-4-3-11(19-2)7-12(13)16-14(18)20/h3-4,7-9H,5-6H2,1-2H3,(H,16,20).